The first-order valence-electron chi connectivity index (χ1n) is 9.42. The van der Waals surface area contributed by atoms with Gasteiger partial charge in [-0.05, 0) is 31.2 Å². The Morgan fingerprint density at radius 3 is 2.23 bits per heavy atom. The minimum Gasteiger partial charge on any atom is -0.387 e. The molecule has 0 saturated carbocycles. The summed E-state index contributed by atoms with van der Waals surface area (Å²) in [6.07, 6.45) is -3.30. The van der Waals surface area contributed by atoms with Crippen LogP contribution >= 0.6 is 11.8 Å². The van der Waals surface area contributed by atoms with Crippen LogP contribution in [0.2, 0.25) is 0 Å². The lowest BCUT2D eigenvalue weighted by Crippen LogP contribution is -2.59. The highest BCUT2D eigenvalue weighted by atomic mass is 32.2. The molecule has 1 heterocycles. The Hall–Kier alpha value is -1.46. The summed E-state index contributed by atoms with van der Waals surface area (Å²) in [6.45, 7) is 1.52. The Labute approximate surface area is 181 Å². The molecule has 2 aromatic rings. The van der Waals surface area contributed by atoms with E-state index in [4.69, 9.17) is 18.4 Å². The van der Waals surface area contributed by atoms with Crippen molar-refractivity contribution in [2.75, 3.05) is 20.8 Å². The summed E-state index contributed by atoms with van der Waals surface area (Å²) >= 11 is 1.41. The fourth-order valence-electron chi connectivity index (χ4n) is 3.21. The lowest BCUT2D eigenvalue weighted by atomic mass is 10.00. The van der Waals surface area contributed by atoms with E-state index in [-0.39, 0.29) is 11.5 Å². The molecule has 0 unspecified atom stereocenters. The minimum atomic E-state index is -3.99. The highest BCUT2D eigenvalue weighted by Gasteiger charge is 2.46. The third-order valence-corrected chi connectivity index (χ3v) is 7.31. The van der Waals surface area contributed by atoms with Crippen LogP contribution in [-0.4, -0.2) is 64.2 Å². The average Bonchev–Trinajstić information content (AvgIpc) is 2.74. The van der Waals surface area contributed by atoms with Crippen molar-refractivity contribution < 1.29 is 31.9 Å². The molecule has 0 bridgehead atoms. The predicted octanol–water partition coefficient (Wildman–Crippen LogP) is 2.61. The number of aryl methyl sites for hydroxylation is 1. The van der Waals surface area contributed by atoms with E-state index in [2.05, 4.69) is 0 Å². The van der Waals surface area contributed by atoms with Crippen LogP contribution in [0.25, 0.3) is 0 Å². The van der Waals surface area contributed by atoms with Crippen LogP contribution in [0.4, 0.5) is 0 Å². The molecule has 3 rings (SSSR count). The van der Waals surface area contributed by atoms with Gasteiger partial charge in [0.25, 0.3) is 10.1 Å². The second kappa shape index (κ2) is 10.2. The molecule has 0 amide bonds. The monoisotopic (exact) mass is 454 g/mol. The number of rotatable bonds is 8. The van der Waals surface area contributed by atoms with Crippen molar-refractivity contribution in [2.24, 2.45) is 0 Å². The van der Waals surface area contributed by atoms with Gasteiger partial charge < -0.3 is 19.3 Å². The molecule has 1 aliphatic heterocycles. The summed E-state index contributed by atoms with van der Waals surface area (Å²) in [5.41, 5.74) is 0.413. The molecule has 7 nitrogen and oxygen atoms in total. The smallest absolute Gasteiger partial charge is 0.297 e. The van der Waals surface area contributed by atoms with E-state index in [1.54, 1.807) is 12.1 Å². The second-order valence-corrected chi connectivity index (χ2v) is 9.70. The van der Waals surface area contributed by atoms with Crippen molar-refractivity contribution in [3.63, 3.8) is 0 Å². The van der Waals surface area contributed by atoms with E-state index in [9.17, 15) is 13.5 Å². The Morgan fingerprint density at radius 2 is 1.63 bits per heavy atom. The van der Waals surface area contributed by atoms with Crippen LogP contribution in [-0.2, 0) is 28.5 Å². The van der Waals surface area contributed by atoms with Gasteiger partial charge in [0, 0.05) is 19.1 Å². The van der Waals surface area contributed by atoms with Crippen molar-refractivity contribution in [3.05, 3.63) is 60.2 Å². The fourth-order valence-corrected chi connectivity index (χ4v) is 5.30. The van der Waals surface area contributed by atoms with E-state index < -0.39 is 40.0 Å². The summed E-state index contributed by atoms with van der Waals surface area (Å²) in [7, 11) is -1.00. The molecule has 1 aliphatic rings. The van der Waals surface area contributed by atoms with Crippen molar-refractivity contribution in [2.45, 2.75) is 46.6 Å². The van der Waals surface area contributed by atoms with Gasteiger partial charge in [0.15, 0.2) is 0 Å². The Bertz CT molecular complexity index is 903. The zero-order chi connectivity index (χ0) is 21.7. The minimum absolute atomic E-state index is 0.0478. The number of benzene rings is 2. The van der Waals surface area contributed by atoms with Gasteiger partial charge in [-0.25, -0.2) is 0 Å². The highest BCUT2D eigenvalue weighted by molar-refractivity contribution is 7.99. The van der Waals surface area contributed by atoms with Crippen molar-refractivity contribution in [3.8, 4) is 0 Å². The molecule has 0 aromatic heterocycles. The van der Waals surface area contributed by atoms with E-state index in [1.807, 2.05) is 37.3 Å². The first kappa shape index (κ1) is 23.2. The average molecular weight is 455 g/mol. The number of hydrogen-bond acceptors (Lipinski definition) is 8. The number of methoxy groups -OCH3 is 2. The van der Waals surface area contributed by atoms with Gasteiger partial charge in [0.1, 0.15) is 29.9 Å². The van der Waals surface area contributed by atoms with Crippen molar-refractivity contribution in [1.82, 2.24) is 0 Å². The largest absolute Gasteiger partial charge is 0.387 e. The third kappa shape index (κ3) is 5.42. The van der Waals surface area contributed by atoms with E-state index in [0.717, 1.165) is 10.5 Å². The van der Waals surface area contributed by atoms with E-state index in [1.165, 1.54) is 38.1 Å². The Balaban J connectivity index is 1.75. The second-order valence-electron chi connectivity index (χ2n) is 6.92. The topological polar surface area (TPSA) is 91.3 Å². The first-order chi connectivity index (χ1) is 14.4. The maximum absolute atomic E-state index is 12.5. The summed E-state index contributed by atoms with van der Waals surface area (Å²) < 4.78 is 47.2. The quantitative estimate of drug-likeness (QED) is 0.609. The summed E-state index contributed by atoms with van der Waals surface area (Å²) in [6, 6.07) is 15.9. The molecule has 0 spiro atoms. The van der Waals surface area contributed by atoms with Crippen LogP contribution in [0.3, 0.4) is 0 Å². The highest BCUT2D eigenvalue weighted by Crippen LogP contribution is 2.35. The third-order valence-electron chi connectivity index (χ3n) is 4.86. The standard InChI is InChI=1S/C21H26O7S2/c1-14-9-11-16(12-10-14)30(23,24)27-13-17-18(22)19(25-2)20(26-3)21(28-17)29-15-7-5-4-6-8-15/h4-12,17-22H,13H2,1-3H3/t17-,18-,19+,20-,21+/m1/s1. The molecule has 0 aliphatic carbocycles. The fraction of sp³-hybridized carbons (Fsp3) is 0.429. The molecule has 9 heteroatoms. The molecular formula is C21H26O7S2. The molecule has 5 atom stereocenters. The zero-order valence-corrected chi connectivity index (χ0v) is 18.6. The molecule has 1 fully saturated rings. The molecule has 2 aromatic carbocycles. The molecule has 0 radical (unpaired) electrons. The molecule has 1 saturated heterocycles. The van der Waals surface area contributed by atoms with Gasteiger partial charge in [-0.3, -0.25) is 4.18 Å². The molecular weight excluding hydrogens is 428 g/mol. The number of aliphatic hydroxyl groups excluding tert-OH is 1. The van der Waals surface area contributed by atoms with Crippen LogP contribution < -0.4 is 0 Å². The SMILES string of the molecule is CO[C@@H]1[C@@H](OC)[C@H](O)[C@@H](COS(=O)(=O)c2ccc(C)cc2)O[C@H]1Sc1ccccc1. The van der Waals surface area contributed by atoms with E-state index in [0.29, 0.717) is 0 Å². The van der Waals surface area contributed by atoms with Crippen molar-refractivity contribution >= 4 is 21.9 Å². The van der Waals surface area contributed by atoms with Gasteiger partial charge in [0.05, 0.1) is 11.5 Å². The van der Waals surface area contributed by atoms with Gasteiger partial charge in [-0.2, -0.15) is 8.42 Å². The molecule has 164 valence electrons. The van der Waals surface area contributed by atoms with Gasteiger partial charge in [-0.15, -0.1) is 0 Å². The number of hydrogen-bond donors (Lipinski definition) is 1. The lowest BCUT2D eigenvalue weighted by molar-refractivity contribution is -0.218. The number of thioether (sulfide) groups is 1. The van der Waals surface area contributed by atoms with E-state index >= 15 is 0 Å². The van der Waals surface area contributed by atoms with Crippen LogP contribution in [0.1, 0.15) is 5.56 Å². The normalized spacial score (nSPS) is 27.1. The first-order valence-corrected chi connectivity index (χ1v) is 11.7. The van der Waals surface area contributed by atoms with Crippen LogP contribution in [0.5, 0.6) is 0 Å². The summed E-state index contributed by atoms with van der Waals surface area (Å²) in [4.78, 5) is 0.995. The number of ether oxygens (including phenoxy) is 3. The van der Waals surface area contributed by atoms with Gasteiger partial charge in [-0.1, -0.05) is 47.7 Å². The van der Waals surface area contributed by atoms with Crippen molar-refractivity contribution in [1.29, 1.82) is 0 Å². The zero-order valence-electron chi connectivity index (χ0n) is 17.0. The van der Waals surface area contributed by atoms with Crippen LogP contribution in [0.15, 0.2) is 64.4 Å². The Morgan fingerprint density at radius 1 is 1.00 bits per heavy atom. The number of aliphatic hydroxyl groups is 1. The lowest BCUT2D eigenvalue weighted by Gasteiger charge is -2.43. The molecule has 30 heavy (non-hydrogen) atoms. The van der Waals surface area contributed by atoms with Gasteiger partial charge in [0.2, 0.25) is 0 Å². The van der Waals surface area contributed by atoms with Crippen LogP contribution in [0, 0.1) is 6.92 Å². The van der Waals surface area contributed by atoms with Gasteiger partial charge >= 0.3 is 0 Å². The summed E-state index contributed by atoms with van der Waals surface area (Å²) in [5.74, 6) is 0. The maximum atomic E-state index is 12.5. The summed E-state index contributed by atoms with van der Waals surface area (Å²) in [5, 5.41) is 10.7. The predicted molar refractivity (Wildman–Crippen MR) is 113 cm³/mol. The maximum Gasteiger partial charge on any atom is 0.297 e. The Kier molecular flexibility index (Phi) is 7.92. The molecule has 1 N–H and O–H groups in total.